The van der Waals surface area contributed by atoms with E-state index >= 15 is 0 Å². The SMILES string of the molecule is CCCCN(CCCC)c1snc(N)c1S(=O)(=O)N(C)C. The Balaban J connectivity index is 3.20. The second-order valence-corrected chi connectivity index (χ2v) is 8.02. The van der Waals surface area contributed by atoms with E-state index in [1.54, 1.807) is 0 Å². The van der Waals surface area contributed by atoms with Gasteiger partial charge in [0.15, 0.2) is 10.7 Å². The van der Waals surface area contributed by atoms with Crippen LogP contribution in [-0.2, 0) is 10.0 Å². The van der Waals surface area contributed by atoms with Crippen LogP contribution in [0, 0.1) is 0 Å². The Morgan fingerprint density at radius 2 is 1.67 bits per heavy atom. The zero-order chi connectivity index (χ0) is 16.0. The molecular formula is C13H26N4O2S2. The minimum Gasteiger partial charge on any atom is -0.382 e. The summed E-state index contributed by atoms with van der Waals surface area (Å²) in [5, 5.41) is 0.670. The van der Waals surface area contributed by atoms with Gasteiger partial charge in [-0.2, -0.15) is 4.37 Å². The van der Waals surface area contributed by atoms with Crippen LogP contribution >= 0.6 is 11.5 Å². The number of rotatable bonds is 9. The largest absolute Gasteiger partial charge is 0.382 e. The Kier molecular flexibility index (Phi) is 6.89. The summed E-state index contributed by atoms with van der Waals surface area (Å²) in [7, 11) is -0.550. The van der Waals surface area contributed by atoms with Crippen LogP contribution in [-0.4, -0.2) is 44.3 Å². The van der Waals surface area contributed by atoms with E-state index in [2.05, 4.69) is 23.1 Å². The van der Waals surface area contributed by atoms with Crippen LogP contribution in [0.1, 0.15) is 39.5 Å². The average molecular weight is 335 g/mol. The molecule has 1 aromatic rings. The van der Waals surface area contributed by atoms with Gasteiger partial charge in [-0.05, 0) is 24.4 Å². The predicted octanol–water partition coefficient (Wildman–Crippen LogP) is 2.38. The fraction of sp³-hybridized carbons (Fsp3) is 0.769. The Hall–Kier alpha value is -0.860. The predicted molar refractivity (Wildman–Crippen MR) is 89.4 cm³/mol. The molecule has 1 rings (SSSR count). The summed E-state index contributed by atoms with van der Waals surface area (Å²) < 4.78 is 30.2. The molecule has 1 aromatic heterocycles. The quantitative estimate of drug-likeness (QED) is 0.750. The number of nitrogens with zero attached hydrogens (tertiary/aromatic N) is 3. The number of nitrogens with two attached hydrogens (primary N) is 1. The molecule has 0 aliphatic carbocycles. The van der Waals surface area contributed by atoms with Crippen molar-refractivity contribution in [3.05, 3.63) is 0 Å². The van der Waals surface area contributed by atoms with Gasteiger partial charge in [0.25, 0.3) is 0 Å². The second-order valence-electron chi connectivity index (χ2n) is 5.18. The van der Waals surface area contributed by atoms with Gasteiger partial charge in [0, 0.05) is 27.2 Å². The smallest absolute Gasteiger partial charge is 0.249 e. The van der Waals surface area contributed by atoms with E-state index in [1.165, 1.54) is 29.9 Å². The summed E-state index contributed by atoms with van der Waals surface area (Å²) in [4.78, 5) is 2.27. The van der Waals surface area contributed by atoms with Gasteiger partial charge in [-0.25, -0.2) is 12.7 Å². The number of nitrogen functional groups attached to an aromatic ring is 1. The zero-order valence-corrected chi connectivity index (χ0v) is 14.9. The molecule has 0 bridgehead atoms. The number of sulfonamides is 1. The summed E-state index contributed by atoms with van der Waals surface area (Å²) in [6.45, 7) is 5.90. The number of anilines is 2. The van der Waals surface area contributed by atoms with Gasteiger partial charge in [-0.3, -0.25) is 0 Å². The molecule has 6 nitrogen and oxygen atoms in total. The zero-order valence-electron chi connectivity index (χ0n) is 13.3. The molecule has 0 atom stereocenters. The lowest BCUT2D eigenvalue weighted by Gasteiger charge is -2.24. The van der Waals surface area contributed by atoms with Crippen molar-refractivity contribution in [3.8, 4) is 0 Å². The summed E-state index contributed by atoms with van der Waals surface area (Å²) in [5.74, 6) is 0.0988. The van der Waals surface area contributed by atoms with Crippen molar-refractivity contribution in [2.45, 2.75) is 44.4 Å². The summed E-state index contributed by atoms with van der Waals surface area (Å²) in [5.41, 5.74) is 5.83. The van der Waals surface area contributed by atoms with Crippen molar-refractivity contribution in [2.75, 3.05) is 37.8 Å². The Bertz CT molecular complexity index is 532. The van der Waals surface area contributed by atoms with E-state index in [1.807, 2.05) is 0 Å². The first-order chi connectivity index (χ1) is 9.86. The first-order valence-electron chi connectivity index (χ1n) is 7.28. The summed E-state index contributed by atoms with van der Waals surface area (Å²) in [6.07, 6.45) is 4.16. The van der Waals surface area contributed by atoms with Gasteiger partial charge in [-0.15, -0.1) is 0 Å². The van der Waals surface area contributed by atoms with Gasteiger partial charge in [0.2, 0.25) is 10.0 Å². The van der Waals surface area contributed by atoms with Crippen LogP contribution in [0.3, 0.4) is 0 Å². The van der Waals surface area contributed by atoms with Gasteiger partial charge in [0.1, 0.15) is 5.00 Å². The van der Waals surface area contributed by atoms with Crippen molar-refractivity contribution >= 4 is 32.4 Å². The molecule has 0 aliphatic heterocycles. The number of hydrogen-bond acceptors (Lipinski definition) is 6. The van der Waals surface area contributed by atoms with Crippen molar-refractivity contribution in [1.29, 1.82) is 0 Å². The maximum absolute atomic E-state index is 12.5. The molecule has 2 N–H and O–H groups in total. The highest BCUT2D eigenvalue weighted by Crippen LogP contribution is 2.36. The van der Waals surface area contributed by atoms with Crippen molar-refractivity contribution in [3.63, 3.8) is 0 Å². The molecule has 122 valence electrons. The van der Waals surface area contributed by atoms with Gasteiger partial charge < -0.3 is 10.6 Å². The maximum Gasteiger partial charge on any atom is 0.249 e. The average Bonchev–Trinajstić information content (AvgIpc) is 2.81. The molecule has 8 heteroatoms. The van der Waals surface area contributed by atoms with Crippen molar-refractivity contribution in [1.82, 2.24) is 8.68 Å². The van der Waals surface area contributed by atoms with Crippen molar-refractivity contribution in [2.24, 2.45) is 0 Å². The van der Waals surface area contributed by atoms with Crippen molar-refractivity contribution < 1.29 is 8.42 Å². The first-order valence-corrected chi connectivity index (χ1v) is 9.50. The van der Waals surface area contributed by atoms with Crippen LogP contribution in [0.2, 0.25) is 0 Å². The highest BCUT2D eigenvalue weighted by molar-refractivity contribution is 7.89. The Morgan fingerprint density at radius 3 is 2.10 bits per heavy atom. The molecule has 0 unspecified atom stereocenters. The monoisotopic (exact) mass is 334 g/mol. The fourth-order valence-electron chi connectivity index (χ4n) is 1.92. The third-order valence-electron chi connectivity index (χ3n) is 3.25. The molecule has 0 aromatic carbocycles. The van der Waals surface area contributed by atoms with E-state index in [4.69, 9.17) is 5.73 Å². The molecule has 1 heterocycles. The third kappa shape index (κ3) is 4.31. The van der Waals surface area contributed by atoms with E-state index in [0.29, 0.717) is 5.00 Å². The minimum absolute atomic E-state index is 0.0988. The summed E-state index contributed by atoms with van der Waals surface area (Å²) in [6, 6.07) is 0. The lowest BCUT2D eigenvalue weighted by atomic mass is 10.2. The standard InChI is InChI=1S/C13H26N4O2S2/c1-5-7-9-17(10-8-6-2)13-11(12(14)15-20-13)21(18,19)16(3)4/h5-10H2,1-4H3,(H2,14,15). The maximum atomic E-state index is 12.5. The molecule has 21 heavy (non-hydrogen) atoms. The number of aromatic nitrogens is 1. The molecule has 0 fully saturated rings. The van der Waals surface area contributed by atoms with Crippen LogP contribution in [0.4, 0.5) is 10.8 Å². The van der Waals surface area contributed by atoms with Crippen LogP contribution in [0.25, 0.3) is 0 Å². The van der Waals surface area contributed by atoms with E-state index in [-0.39, 0.29) is 10.7 Å². The normalized spacial score (nSPS) is 12.0. The fourth-order valence-corrected chi connectivity index (χ4v) is 4.20. The lowest BCUT2D eigenvalue weighted by molar-refractivity contribution is 0.521. The highest BCUT2D eigenvalue weighted by Gasteiger charge is 2.30. The summed E-state index contributed by atoms with van der Waals surface area (Å²) >= 11 is 1.17. The van der Waals surface area contributed by atoms with Crippen LogP contribution < -0.4 is 10.6 Å². The Morgan fingerprint density at radius 1 is 1.14 bits per heavy atom. The van der Waals surface area contributed by atoms with Crippen LogP contribution in [0.15, 0.2) is 4.90 Å². The molecule has 0 amide bonds. The molecule has 0 aliphatic rings. The number of unbranched alkanes of at least 4 members (excludes halogenated alkanes) is 2. The topological polar surface area (TPSA) is 79.5 Å². The van der Waals surface area contributed by atoms with E-state index in [9.17, 15) is 8.42 Å². The van der Waals surface area contributed by atoms with Crippen LogP contribution in [0.5, 0.6) is 0 Å². The molecular weight excluding hydrogens is 308 g/mol. The Labute approximate surface area is 132 Å². The minimum atomic E-state index is -3.58. The second kappa shape index (κ2) is 7.95. The molecule has 0 spiro atoms. The highest BCUT2D eigenvalue weighted by atomic mass is 32.2. The first kappa shape index (κ1) is 18.2. The van der Waals surface area contributed by atoms with Gasteiger partial charge in [0.05, 0.1) is 0 Å². The van der Waals surface area contributed by atoms with Gasteiger partial charge in [-0.1, -0.05) is 26.7 Å². The molecule has 0 saturated carbocycles. The van der Waals surface area contributed by atoms with E-state index < -0.39 is 10.0 Å². The molecule has 0 radical (unpaired) electrons. The molecule has 0 saturated heterocycles. The van der Waals surface area contributed by atoms with Gasteiger partial charge >= 0.3 is 0 Å². The third-order valence-corrected chi connectivity index (χ3v) is 6.18. The van der Waals surface area contributed by atoms with E-state index in [0.717, 1.165) is 38.8 Å². The number of hydrogen-bond donors (Lipinski definition) is 1. The lowest BCUT2D eigenvalue weighted by Crippen LogP contribution is -2.29.